The molecule has 16 heavy (non-hydrogen) atoms. The van der Waals surface area contributed by atoms with E-state index in [1.54, 1.807) is 0 Å². The van der Waals surface area contributed by atoms with Gasteiger partial charge in [-0.2, -0.15) is 0 Å². The third-order valence-electron chi connectivity index (χ3n) is 3.47. The Hall–Kier alpha value is -0.280. The molecule has 0 spiro atoms. The van der Waals surface area contributed by atoms with E-state index in [-0.39, 0.29) is 12.4 Å². The van der Waals surface area contributed by atoms with E-state index in [0.717, 1.165) is 23.7 Å². The first-order valence-electron chi connectivity index (χ1n) is 5.37. The van der Waals surface area contributed by atoms with Gasteiger partial charge in [-0.05, 0) is 18.1 Å². The number of nitrogens with one attached hydrogen (secondary N) is 1. The van der Waals surface area contributed by atoms with Gasteiger partial charge in [-0.3, -0.25) is 0 Å². The summed E-state index contributed by atoms with van der Waals surface area (Å²) in [5.41, 5.74) is 3.72. The second kappa shape index (κ2) is 4.53. The summed E-state index contributed by atoms with van der Waals surface area (Å²) in [6.45, 7) is 4.69. The molecular weight excluding hydrogens is 245 g/mol. The van der Waals surface area contributed by atoms with Crippen molar-refractivity contribution in [1.29, 1.82) is 0 Å². The minimum absolute atomic E-state index is 0. The molecular formula is C12H15Cl2NO. The van der Waals surface area contributed by atoms with E-state index >= 15 is 0 Å². The summed E-state index contributed by atoms with van der Waals surface area (Å²) in [5, 5.41) is 4.26. The third kappa shape index (κ3) is 1.74. The van der Waals surface area contributed by atoms with Gasteiger partial charge in [0.2, 0.25) is 0 Å². The first-order valence-corrected chi connectivity index (χ1v) is 5.75. The van der Waals surface area contributed by atoms with Gasteiger partial charge in [0.15, 0.2) is 0 Å². The van der Waals surface area contributed by atoms with Crippen molar-refractivity contribution in [1.82, 2.24) is 5.32 Å². The molecule has 4 heteroatoms. The van der Waals surface area contributed by atoms with Crippen molar-refractivity contribution in [2.24, 2.45) is 0 Å². The fraction of sp³-hybridized carbons (Fsp3) is 0.500. The number of hydrogen-bond donors (Lipinski definition) is 1. The predicted octanol–water partition coefficient (Wildman–Crippen LogP) is 2.66. The number of benzene rings is 1. The lowest BCUT2D eigenvalue weighted by Gasteiger charge is -2.29. The molecule has 0 bridgehead atoms. The molecule has 2 aliphatic rings. The van der Waals surface area contributed by atoms with Crippen LogP contribution in [0.15, 0.2) is 12.1 Å². The number of rotatable bonds is 0. The molecule has 0 aromatic heterocycles. The molecule has 88 valence electrons. The molecule has 1 N–H and O–H groups in total. The highest BCUT2D eigenvalue weighted by molar-refractivity contribution is 6.32. The predicted molar refractivity (Wildman–Crippen MR) is 67.6 cm³/mol. The second-order valence-electron chi connectivity index (χ2n) is 4.38. The van der Waals surface area contributed by atoms with Crippen LogP contribution in [0.4, 0.5) is 0 Å². The minimum atomic E-state index is 0. The smallest absolute Gasteiger partial charge is 0.0784 e. The summed E-state index contributed by atoms with van der Waals surface area (Å²) in [6.07, 6.45) is 0.344. The lowest BCUT2D eigenvalue weighted by Crippen LogP contribution is -2.27. The average Bonchev–Trinajstić information content (AvgIpc) is 2.71. The molecule has 0 saturated carbocycles. The minimum Gasteiger partial charge on any atom is -0.371 e. The maximum atomic E-state index is 6.30. The zero-order valence-corrected chi connectivity index (χ0v) is 10.7. The molecule has 2 nitrogen and oxygen atoms in total. The van der Waals surface area contributed by atoms with Gasteiger partial charge >= 0.3 is 0 Å². The van der Waals surface area contributed by atoms with Crippen molar-refractivity contribution in [3.63, 3.8) is 0 Å². The second-order valence-corrected chi connectivity index (χ2v) is 4.76. The molecule has 1 aromatic rings. The van der Waals surface area contributed by atoms with Crippen LogP contribution in [0, 0.1) is 6.92 Å². The van der Waals surface area contributed by atoms with Crippen LogP contribution in [0.25, 0.3) is 0 Å². The molecule has 2 atom stereocenters. The number of ether oxygens (including phenoxy) is 1. The Morgan fingerprint density at radius 1 is 1.38 bits per heavy atom. The molecule has 2 aliphatic heterocycles. The summed E-state index contributed by atoms with van der Waals surface area (Å²) in [4.78, 5) is 0. The molecule has 1 aromatic carbocycles. The standard InChI is InChI=1S/C12H14ClNO.ClH/c1-7-2-3-8-9-4-14-5-11(9)15-6-10(8)12(7)13;/h2-3,9,11,14H,4-6H2,1H3;1H/t9?,11-;/m1./s1. The van der Waals surface area contributed by atoms with E-state index in [2.05, 4.69) is 17.4 Å². The van der Waals surface area contributed by atoms with Gasteiger partial charge < -0.3 is 10.1 Å². The van der Waals surface area contributed by atoms with E-state index in [1.807, 2.05) is 6.92 Å². The maximum Gasteiger partial charge on any atom is 0.0784 e. The van der Waals surface area contributed by atoms with Crippen LogP contribution in [-0.4, -0.2) is 19.2 Å². The Balaban J connectivity index is 0.000000963. The average molecular weight is 260 g/mol. The van der Waals surface area contributed by atoms with Crippen LogP contribution >= 0.6 is 24.0 Å². The van der Waals surface area contributed by atoms with Crippen LogP contribution in [0.2, 0.25) is 5.02 Å². The first kappa shape index (κ1) is 12.2. The van der Waals surface area contributed by atoms with Crippen molar-refractivity contribution >= 4 is 24.0 Å². The summed E-state index contributed by atoms with van der Waals surface area (Å²) in [6, 6.07) is 4.32. The Morgan fingerprint density at radius 2 is 2.19 bits per heavy atom. The Bertz CT molecular complexity index is 408. The molecule has 2 heterocycles. The zero-order valence-electron chi connectivity index (χ0n) is 9.13. The molecule has 1 saturated heterocycles. The van der Waals surface area contributed by atoms with Crippen LogP contribution in [0.3, 0.4) is 0 Å². The van der Waals surface area contributed by atoms with Crippen LogP contribution in [0.1, 0.15) is 22.6 Å². The quantitative estimate of drug-likeness (QED) is 0.774. The highest BCUT2D eigenvalue weighted by Crippen LogP contribution is 2.37. The SMILES string of the molecule is Cc1ccc2c(c1Cl)CO[C@@H]1CNCC21.Cl. The highest BCUT2D eigenvalue weighted by atomic mass is 35.5. The normalized spacial score (nSPS) is 26.9. The number of hydrogen-bond acceptors (Lipinski definition) is 2. The van der Waals surface area contributed by atoms with E-state index < -0.39 is 0 Å². The number of fused-ring (bicyclic) bond motifs is 3. The molecule has 1 fully saturated rings. The van der Waals surface area contributed by atoms with Crippen molar-refractivity contribution in [3.05, 3.63) is 33.8 Å². The van der Waals surface area contributed by atoms with Gasteiger partial charge in [-0.25, -0.2) is 0 Å². The van der Waals surface area contributed by atoms with E-state index in [1.165, 1.54) is 11.1 Å². The third-order valence-corrected chi connectivity index (χ3v) is 4.00. The van der Waals surface area contributed by atoms with Crippen molar-refractivity contribution in [3.8, 4) is 0 Å². The Labute approximate surface area is 107 Å². The molecule has 1 unspecified atom stereocenters. The number of halogens is 2. The van der Waals surface area contributed by atoms with Gasteiger partial charge in [-0.15, -0.1) is 12.4 Å². The zero-order chi connectivity index (χ0) is 10.4. The monoisotopic (exact) mass is 259 g/mol. The maximum absolute atomic E-state index is 6.30. The van der Waals surface area contributed by atoms with Crippen molar-refractivity contribution in [2.45, 2.75) is 25.6 Å². The molecule has 0 amide bonds. The fourth-order valence-electron chi connectivity index (χ4n) is 2.58. The van der Waals surface area contributed by atoms with Gasteiger partial charge in [0.1, 0.15) is 0 Å². The first-order chi connectivity index (χ1) is 7.27. The highest BCUT2D eigenvalue weighted by Gasteiger charge is 2.35. The summed E-state index contributed by atoms with van der Waals surface area (Å²) >= 11 is 6.30. The van der Waals surface area contributed by atoms with E-state index in [9.17, 15) is 0 Å². The topological polar surface area (TPSA) is 21.3 Å². The van der Waals surface area contributed by atoms with Crippen LogP contribution in [-0.2, 0) is 11.3 Å². The van der Waals surface area contributed by atoms with Gasteiger partial charge in [-0.1, -0.05) is 23.7 Å². The Kier molecular flexibility index (Phi) is 3.45. The molecule has 0 aliphatic carbocycles. The summed E-state index contributed by atoms with van der Waals surface area (Å²) in [7, 11) is 0. The Morgan fingerprint density at radius 3 is 3.00 bits per heavy atom. The van der Waals surface area contributed by atoms with Gasteiger partial charge in [0.05, 0.1) is 12.7 Å². The summed E-state index contributed by atoms with van der Waals surface area (Å²) < 4.78 is 5.82. The largest absolute Gasteiger partial charge is 0.371 e. The molecule has 3 rings (SSSR count). The van der Waals surface area contributed by atoms with Crippen LogP contribution in [0.5, 0.6) is 0 Å². The summed E-state index contributed by atoms with van der Waals surface area (Å²) in [5.74, 6) is 0.492. The lowest BCUT2D eigenvalue weighted by atomic mass is 9.89. The lowest BCUT2D eigenvalue weighted by molar-refractivity contribution is 0.0299. The van der Waals surface area contributed by atoms with Crippen molar-refractivity contribution in [2.75, 3.05) is 13.1 Å². The molecule has 0 radical (unpaired) electrons. The van der Waals surface area contributed by atoms with E-state index in [4.69, 9.17) is 16.3 Å². The fourth-order valence-corrected chi connectivity index (χ4v) is 2.80. The van der Waals surface area contributed by atoms with Crippen LogP contribution < -0.4 is 5.32 Å². The number of aryl methyl sites for hydroxylation is 1. The van der Waals surface area contributed by atoms with Crippen molar-refractivity contribution < 1.29 is 4.74 Å². The van der Waals surface area contributed by atoms with Gasteiger partial charge in [0, 0.05) is 29.6 Å². The van der Waals surface area contributed by atoms with Gasteiger partial charge in [0.25, 0.3) is 0 Å². The van der Waals surface area contributed by atoms with E-state index in [0.29, 0.717) is 18.6 Å².